The van der Waals surface area contributed by atoms with Gasteiger partial charge in [-0.05, 0) is 62.8 Å². The van der Waals surface area contributed by atoms with Gasteiger partial charge in [-0.3, -0.25) is 0 Å². The van der Waals surface area contributed by atoms with E-state index < -0.39 is 0 Å². The van der Waals surface area contributed by atoms with Gasteiger partial charge in [-0.2, -0.15) is 0 Å². The first kappa shape index (κ1) is 10.1. The molecule has 1 N–H and O–H groups in total. The van der Waals surface area contributed by atoms with Crippen LogP contribution in [0.25, 0.3) is 0 Å². The Morgan fingerprint density at radius 3 is 2.33 bits per heavy atom. The summed E-state index contributed by atoms with van der Waals surface area (Å²) in [5.41, 5.74) is 0. The second-order valence-electron chi connectivity index (χ2n) is 6.20. The van der Waals surface area contributed by atoms with E-state index in [1.54, 1.807) is 25.7 Å². The van der Waals surface area contributed by atoms with Crippen LogP contribution in [0, 0.1) is 23.7 Å². The Morgan fingerprint density at radius 2 is 1.80 bits per heavy atom. The second kappa shape index (κ2) is 4.08. The van der Waals surface area contributed by atoms with E-state index >= 15 is 0 Å². The molecule has 0 spiro atoms. The maximum atomic E-state index is 3.67. The summed E-state index contributed by atoms with van der Waals surface area (Å²) in [5.74, 6) is 4.25. The number of rotatable bonds is 3. The lowest BCUT2D eigenvalue weighted by Crippen LogP contribution is -2.41. The average molecular weight is 207 g/mol. The lowest BCUT2D eigenvalue weighted by Gasteiger charge is -2.34. The van der Waals surface area contributed by atoms with Gasteiger partial charge in [-0.25, -0.2) is 0 Å². The molecule has 15 heavy (non-hydrogen) atoms. The van der Waals surface area contributed by atoms with Crippen LogP contribution in [0.2, 0.25) is 0 Å². The monoisotopic (exact) mass is 207 g/mol. The minimum atomic E-state index is 0.864. The molecule has 4 unspecified atom stereocenters. The van der Waals surface area contributed by atoms with Crippen molar-refractivity contribution in [2.24, 2.45) is 23.7 Å². The first-order chi connectivity index (χ1) is 7.38. The van der Waals surface area contributed by atoms with Crippen LogP contribution in [-0.4, -0.2) is 13.1 Å². The highest BCUT2D eigenvalue weighted by Gasteiger charge is 2.44. The van der Waals surface area contributed by atoms with Crippen molar-refractivity contribution in [2.75, 3.05) is 7.05 Å². The predicted molar refractivity (Wildman–Crippen MR) is 63.7 cm³/mol. The largest absolute Gasteiger partial charge is 0.316 e. The fraction of sp³-hybridized carbons (Fsp3) is 1.00. The highest BCUT2D eigenvalue weighted by atomic mass is 14.9. The van der Waals surface area contributed by atoms with E-state index in [4.69, 9.17) is 0 Å². The minimum absolute atomic E-state index is 0.864. The topological polar surface area (TPSA) is 12.0 Å². The molecule has 2 bridgehead atoms. The van der Waals surface area contributed by atoms with Crippen LogP contribution in [0.15, 0.2) is 0 Å². The van der Waals surface area contributed by atoms with Gasteiger partial charge in [0, 0.05) is 6.04 Å². The third-order valence-electron chi connectivity index (χ3n) is 5.50. The third kappa shape index (κ3) is 1.73. The molecule has 3 saturated carbocycles. The highest BCUT2D eigenvalue weighted by molar-refractivity contribution is 4.97. The fourth-order valence-corrected chi connectivity index (χ4v) is 4.85. The molecule has 0 aromatic carbocycles. The van der Waals surface area contributed by atoms with Crippen LogP contribution >= 0.6 is 0 Å². The lowest BCUT2D eigenvalue weighted by atomic mass is 9.77. The Morgan fingerprint density at radius 1 is 1.00 bits per heavy atom. The van der Waals surface area contributed by atoms with E-state index in [0.29, 0.717) is 0 Å². The van der Waals surface area contributed by atoms with Crippen LogP contribution in [0.5, 0.6) is 0 Å². The molecule has 3 fully saturated rings. The molecule has 0 aromatic heterocycles. The van der Waals surface area contributed by atoms with Crippen molar-refractivity contribution < 1.29 is 0 Å². The SMILES string of the molecule is CNC(C1CCCC1)C1CC2CCC1C2. The molecule has 0 radical (unpaired) electrons. The third-order valence-corrected chi connectivity index (χ3v) is 5.50. The van der Waals surface area contributed by atoms with Crippen LogP contribution in [0.3, 0.4) is 0 Å². The van der Waals surface area contributed by atoms with Gasteiger partial charge in [0.15, 0.2) is 0 Å². The summed E-state index contributed by atoms with van der Waals surface area (Å²) < 4.78 is 0. The summed E-state index contributed by atoms with van der Waals surface area (Å²) in [6, 6.07) is 0.864. The standard InChI is InChI=1S/C14H25N/c1-15-14(11-4-2-3-5-11)13-9-10-6-7-12(13)8-10/h10-15H,2-9H2,1H3. The quantitative estimate of drug-likeness (QED) is 0.749. The van der Waals surface area contributed by atoms with Crippen molar-refractivity contribution in [3.63, 3.8) is 0 Å². The van der Waals surface area contributed by atoms with Crippen molar-refractivity contribution >= 4 is 0 Å². The van der Waals surface area contributed by atoms with Crippen LogP contribution < -0.4 is 5.32 Å². The normalized spacial score (nSPS) is 42.6. The van der Waals surface area contributed by atoms with Crippen molar-refractivity contribution in [1.29, 1.82) is 0 Å². The molecule has 0 aromatic rings. The molecule has 3 aliphatic rings. The van der Waals surface area contributed by atoms with Gasteiger partial charge in [0.1, 0.15) is 0 Å². The maximum Gasteiger partial charge on any atom is 0.0123 e. The Bertz CT molecular complexity index is 219. The molecule has 4 atom stereocenters. The number of hydrogen-bond donors (Lipinski definition) is 1. The smallest absolute Gasteiger partial charge is 0.0123 e. The summed E-state index contributed by atoms with van der Waals surface area (Å²) >= 11 is 0. The van der Waals surface area contributed by atoms with Crippen LogP contribution in [-0.2, 0) is 0 Å². The fourth-order valence-electron chi connectivity index (χ4n) is 4.85. The van der Waals surface area contributed by atoms with Gasteiger partial charge in [-0.15, -0.1) is 0 Å². The number of fused-ring (bicyclic) bond motifs is 2. The van der Waals surface area contributed by atoms with E-state index in [1.165, 1.54) is 25.7 Å². The Kier molecular flexibility index (Phi) is 2.76. The van der Waals surface area contributed by atoms with Crippen LogP contribution in [0.1, 0.15) is 51.4 Å². The molecule has 1 heteroatoms. The van der Waals surface area contributed by atoms with Gasteiger partial charge in [0.05, 0.1) is 0 Å². The molecule has 0 aliphatic heterocycles. The first-order valence-corrected chi connectivity index (χ1v) is 7.05. The second-order valence-corrected chi connectivity index (χ2v) is 6.20. The Balaban J connectivity index is 1.68. The molecule has 3 rings (SSSR count). The van der Waals surface area contributed by atoms with Gasteiger partial charge in [-0.1, -0.05) is 19.3 Å². The lowest BCUT2D eigenvalue weighted by molar-refractivity contribution is 0.200. The molecule has 0 heterocycles. The van der Waals surface area contributed by atoms with E-state index in [9.17, 15) is 0 Å². The first-order valence-electron chi connectivity index (χ1n) is 7.05. The maximum absolute atomic E-state index is 3.67. The summed E-state index contributed by atoms with van der Waals surface area (Å²) in [5, 5.41) is 3.67. The predicted octanol–water partition coefficient (Wildman–Crippen LogP) is 3.20. The summed E-state index contributed by atoms with van der Waals surface area (Å²) in [7, 11) is 2.20. The minimum Gasteiger partial charge on any atom is -0.316 e. The molecule has 0 saturated heterocycles. The zero-order chi connectivity index (χ0) is 10.3. The van der Waals surface area contributed by atoms with Gasteiger partial charge < -0.3 is 5.32 Å². The summed E-state index contributed by atoms with van der Waals surface area (Å²) in [6.07, 6.45) is 12.2. The molecule has 3 aliphatic carbocycles. The van der Waals surface area contributed by atoms with Crippen molar-refractivity contribution in [3.8, 4) is 0 Å². The number of hydrogen-bond acceptors (Lipinski definition) is 1. The average Bonchev–Trinajstić information content (AvgIpc) is 2.94. The van der Waals surface area contributed by atoms with E-state index in [1.807, 2.05) is 0 Å². The van der Waals surface area contributed by atoms with Crippen LogP contribution in [0.4, 0.5) is 0 Å². The van der Waals surface area contributed by atoms with Crippen molar-refractivity contribution in [3.05, 3.63) is 0 Å². The zero-order valence-electron chi connectivity index (χ0n) is 10.0. The Labute approximate surface area is 94.0 Å². The molecule has 1 nitrogen and oxygen atoms in total. The summed E-state index contributed by atoms with van der Waals surface area (Å²) in [6.45, 7) is 0. The van der Waals surface area contributed by atoms with Gasteiger partial charge >= 0.3 is 0 Å². The highest BCUT2D eigenvalue weighted by Crippen LogP contribution is 2.51. The van der Waals surface area contributed by atoms with E-state index in [0.717, 1.165) is 29.7 Å². The molecule has 86 valence electrons. The van der Waals surface area contributed by atoms with Crippen molar-refractivity contribution in [1.82, 2.24) is 5.32 Å². The van der Waals surface area contributed by atoms with Crippen molar-refractivity contribution in [2.45, 2.75) is 57.4 Å². The molecular formula is C14H25N. The Hall–Kier alpha value is -0.0400. The summed E-state index contributed by atoms with van der Waals surface area (Å²) in [4.78, 5) is 0. The van der Waals surface area contributed by atoms with E-state index in [2.05, 4.69) is 12.4 Å². The van der Waals surface area contributed by atoms with E-state index in [-0.39, 0.29) is 0 Å². The number of nitrogens with one attached hydrogen (secondary N) is 1. The molecule has 0 amide bonds. The zero-order valence-corrected chi connectivity index (χ0v) is 10.0. The molecular weight excluding hydrogens is 182 g/mol. The van der Waals surface area contributed by atoms with Gasteiger partial charge in [0.25, 0.3) is 0 Å². The van der Waals surface area contributed by atoms with Gasteiger partial charge in [0.2, 0.25) is 0 Å².